The first-order chi connectivity index (χ1) is 5.15. The molecule has 0 aliphatic carbocycles. The van der Waals surface area contributed by atoms with Crippen molar-refractivity contribution in [1.29, 1.82) is 0 Å². The van der Waals surface area contributed by atoms with E-state index in [1.165, 1.54) is 9.13 Å². The summed E-state index contributed by atoms with van der Waals surface area (Å²) in [5.74, 6) is 0. The molecule has 0 aromatic heterocycles. The molecule has 0 amide bonds. The van der Waals surface area contributed by atoms with E-state index in [9.17, 15) is 0 Å². The average molecular weight is 410 g/mol. The van der Waals surface area contributed by atoms with Gasteiger partial charge in [-0.15, -0.1) is 0 Å². The molecular weight excluding hydrogens is 406 g/mol. The molecule has 0 nitrogen and oxygen atoms in total. The van der Waals surface area contributed by atoms with E-state index >= 15 is 0 Å². The topological polar surface area (TPSA) is 0 Å². The fourth-order valence-electron chi connectivity index (χ4n) is 0.666. The highest BCUT2D eigenvalue weighted by atomic mass is 127. The lowest BCUT2D eigenvalue weighted by molar-refractivity contribution is 1.38. The molecule has 4 heteroatoms. The van der Waals surface area contributed by atoms with E-state index in [-0.39, 0.29) is 0 Å². The summed E-state index contributed by atoms with van der Waals surface area (Å²) in [6, 6.07) is 3.97. The van der Waals surface area contributed by atoms with Gasteiger partial charge in [-0.3, -0.25) is 0 Å². The monoisotopic (exact) mass is 408 g/mol. The molecule has 0 saturated carbocycles. The van der Waals surface area contributed by atoms with Crippen LogP contribution in [-0.4, -0.2) is 0 Å². The molecule has 0 atom stereocenters. The second-order valence-electron chi connectivity index (χ2n) is 1.99. The molecule has 0 saturated heterocycles. The van der Waals surface area contributed by atoms with Gasteiger partial charge in [-0.2, -0.15) is 0 Å². The maximum atomic E-state index is 5.88. The molecule has 0 N–H and O–H groups in total. The average Bonchev–Trinajstić information content (AvgIpc) is 1.97. The molecule has 0 bridgehead atoms. The van der Waals surface area contributed by atoms with Crippen LogP contribution in [0.1, 0.15) is 5.56 Å². The molecule has 0 unspecified atom stereocenters. The Bertz CT molecular complexity index is 275. The number of rotatable bonds is 1. The summed E-state index contributed by atoms with van der Waals surface area (Å²) in [6.07, 6.45) is 0. The maximum Gasteiger partial charge on any atom is 0.0558 e. The zero-order valence-corrected chi connectivity index (χ0v) is 11.5. The second-order valence-corrected chi connectivity index (χ2v) is 4.98. The quantitative estimate of drug-likeness (QED) is 0.361. The first-order valence-electron chi connectivity index (χ1n) is 2.84. The molecule has 0 spiro atoms. The van der Waals surface area contributed by atoms with Crippen molar-refractivity contribution in [2.45, 2.75) is 5.33 Å². The van der Waals surface area contributed by atoms with E-state index in [1.807, 2.05) is 12.1 Å². The highest BCUT2D eigenvalue weighted by Gasteiger charge is 2.02. The molecule has 1 aromatic rings. The van der Waals surface area contributed by atoms with Crippen molar-refractivity contribution in [1.82, 2.24) is 0 Å². The fourth-order valence-corrected chi connectivity index (χ4v) is 3.05. The minimum atomic E-state index is 0.763. The normalized spacial score (nSPS) is 10.2. The second kappa shape index (κ2) is 4.44. The summed E-state index contributed by atoms with van der Waals surface area (Å²) in [5.41, 5.74) is 1.25. The van der Waals surface area contributed by atoms with Crippen LogP contribution < -0.4 is 0 Å². The van der Waals surface area contributed by atoms with Gasteiger partial charge in [0.25, 0.3) is 0 Å². The van der Waals surface area contributed by atoms with Crippen molar-refractivity contribution in [3.8, 4) is 0 Å². The highest BCUT2D eigenvalue weighted by Crippen LogP contribution is 2.28. The predicted octanol–water partition coefficient (Wildman–Crippen LogP) is 4.60. The van der Waals surface area contributed by atoms with E-state index in [2.05, 4.69) is 54.5 Å². The largest absolute Gasteiger partial charge is 0.0876 e. The van der Waals surface area contributed by atoms with Gasteiger partial charge in [-0.05, 0) is 56.2 Å². The Hall–Kier alpha value is 1.20. The first kappa shape index (κ1) is 10.3. The van der Waals surface area contributed by atoms with Crippen LogP contribution in [0.15, 0.2) is 16.6 Å². The molecular formula is C7H4Br2ClI. The Morgan fingerprint density at radius 3 is 2.64 bits per heavy atom. The molecule has 0 aliphatic heterocycles. The molecule has 1 rings (SSSR count). The van der Waals surface area contributed by atoms with Gasteiger partial charge in [0.05, 0.1) is 5.02 Å². The Morgan fingerprint density at radius 2 is 2.09 bits per heavy atom. The fraction of sp³-hybridized carbons (Fsp3) is 0.143. The first-order valence-corrected chi connectivity index (χ1v) is 6.21. The van der Waals surface area contributed by atoms with Crippen molar-refractivity contribution >= 4 is 66.1 Å². The summed E-state index contributed by atoms with van der Waals surface area (Å²) in [7, 11) is 0. The number of hydrogen-bond acceptors (Lipinski definition) is 0. The maximum absolute atomic E-state index is 5.88. The van der Waals surface area contributed by atoms with Crippen molar-refractivity contribution in [2.24, 2.45) is 0 Å². The van der Waals surface area contributed by atoms with Gasteiger partial charge < -0.3 is 0 Å². The minimum Gasteiger partial charge on any atom is -0.0876 e. The van der Waals surface area contributed by atoms with Crippen molar-refractivity contribution in [2.75, 3.05) is 0 Å². The lowest BCUT2D eigenvalue weighted by Gasteiger charge is -2.02. The van der Waals surface area contributed by atoms with E-state index in [4.69, 9.17) is 11.6 Å². The molecule has 0 radical (unpaired) electrons. The standard InChI is InChI=1S/C7H4Br2ClI/c8-3-4-1-5(9)6(10)2-7(4)11/h1-2H,3H2. The molecule has 0 heterocycles. The van der Waals surface area contributed by atoms with Crippen LogP contribution in [-0.2, 0) is 5.33 Å². The molecule has 0 fully saturated rings. The summed E-state index contributed by atoms with van der Waals surface area (Å²) >= 11 is 14.9. The van der Waals surface area contributed by atoms with Crippen LogP contribution in [0.2, 0.25) is 5.02 Å². The SMILES string of the molecule is Clc1cc(I)c(CBr)cc1Br. The van der Waals surface area contributed by atoms with Gasteiger partial charge in [0.1, 0.15) is 0 Å². The van der Waals surface area contributed by atoms with Crippen LogP contribution in [0.5, 0.6) is 0 Å². The zero-order chi connectivity index (χ0) is 8.43. The Labute approximate surface area is 101 Å². The van der Waals surface area contributed by atoms with Gasteiger partial charge >= 0.3 is 0 Å². The summed E-state index contributed by atoms with van der Waals surface area (Å²) < 4.78 is 2.14. The summed E-state index contributed by atoms with van der Waals surface area (Å²) in [6.45, 7) is 0. The summed E-state index contributed by atoms with van der Waals surface area (Å²) in [4.78, 5) is 0. The highest BCUT2D eigenvalue weighted by molar-refractivity contribution is 14.1. The van der Waals surface area contributed by atoms with Crippen LogP contribution in [0, 0.1) is 3.57 Å². The van der Waals surface area contributed by atoms with Crippen LogP contribution in [0.25, 0.3) is 0 Å². The van der Waals surface area contributed by atoms with E-state index in [1.54, 1.807) is 0 Å². The van der Waals surface area contributed by atoms with Crippen LogP contribution >= 0.6 is 66.1 Å². The van der Waals surface area contributed by atoms with Crippen molar-refractivity contribution < 1.29 is 0 Å². The Morgan fingerprint density at radius 1 is 1.45 bits per heavy atom. The summed E-state index contributed by atoms with van der Waals surface area (Å²) in [5, 5.41) is 1.63. The predicted molar refractivity (Wildman–Crippen MR) is 64.5 cm³/mol. The zero-order valence-electron chi connectivity index (χ0n) is 5.37. The number of alkyl halides is 1. The third-order valence-electron chi connectivity index (χ3n) is 1.23. The van der Waals surface area contributed by atoms with E-state index in [0.717, 1.165) is 14.8 Å². The smallest absolute Gasteiger partial charge is 0.0558 e. The third kappa shape index (κ3) is 2.57. The van der Waals surface area contributed by atoms with Gasteiger partial charge in [0.15, 0.2) is 0 Å². The van der Waals surface area contributed by atoms with Crippen LogP contribution in [0.3, 0.4) is 0 Å². The molecule has 60 valence electrons. The van der Waals surface area contributed by atoms with Crippen molar-refractivity contribution in [3.63, 3.8) is 0 Å². The van der Waals surface area contributed by atoms with E-state index < -0.39 is 0 Å². The Balaban J connectivity index is 3.21. The van der Waals surface area contributed by atoms with Gasteiger partial charge in [0.2, 0.25) is 0 Å². The van der Waals surface area contributed by atoms with Gasteiger partial charge in [-0.1, -0.05) is 27.5 Å². The van der Waals surface area contributed by atoms with Crippen molar-refractivity contribution in [3.05, 3.63) is 30.8 Å². The number of benzene rings is 1. The van der Waals surface area contributed by atoms with Gasteiger partial charge in [-0.25, -0.2) is 0 Å². The Kier molecular flexibility index (Phi) is 4.15. The van der Waals surface area contributed by atoms with Crippen LogP contribution in [0.4, 0.5) is 0 Å². The minimum absolute atomic E-state index is 0.763. The third-order valence-corrected chi connectivity index (χ3v) is 4.04. The molecule has 1 aromatic carbocycles. The number of hydrogen-bond donors (Lipinski definition) is 0. The lowest BCUT2D eigenvalue weighted by Crippen LogP contribution is -1.84. The lowest BCUT2D eigenvalue weighted by atomic mass is 10.2. The molecule has 0 aliphatic rings. The number of halogens is 4. The van der Waals surface area contributed by atoms with Gasteiger partial charge in [0, 0.05) is 13.4 Å². The molecule has 11 heavy (non-hydrogen) atoms. The van der Waals surface area contributed by atoms with E-state index in [0.29, 0.717) is 0 Å².